The zero-order valence-corrected chi connectivity index (χ0v) is 10.6. The molecule has 1 rings (SSSR count). The maximum Gasteiger partial charge on any atom is 0.261 e. The molecular weight excluding hydrogens is 240 g/mol. The van der Waals surface area contributed by atoms with Crippen molar-refractivity contribution in [2.24, 2.45) is 0 Å². The average molecular weight is 256 g/mol. The van der Waals surface area contributed by atoms with Gasteiger partial charge in [0.2, 0.25) is 5.91 Å². The van der Waals surface area contributed by atoms with Crippen molar-refractivity contribution >= 4 is 28.2 Å². The number of anilines is 1. The molecule has 2 amide bonds. The van der Waals surface area contributed by atoms with Crippen LogP contribution in [0.15, 0.2) is 12.1 Å². The average Bonchev–Trinajstić information content (AvgIpc) is 2.64. The van der Waals surface area contributed by atoms with Crippen LogP contribution in [0.2, 0.25) is 0 Å². The fourth-order valence-electron chi connectivity index (χ4n) is 1.18. The standard InChI is InChI=1S/C11H16N2O3S/c1-7(14)5-6-12-11(16)9-3-4-10(17-9)13-8(2)15/h3-4,7,14H,5-6H2,1-2H3,(H,12,16)(H,13,15). The normalized spacial score (nSPS) is 11.9. The van der Waals surface area contributed by atoms with Gasteiger partial charge in [0.05, 0.1) is 16.0 Å². The highest BCUT2D eigenvalue weighted by molar-refractivity contribution is 7.18. The van der Waals surface area contributed by atoms with Crippen LogP contribution in [0.5, 0.6) is 0 Å². The van der Waals surface area contributed by atoms with Gasteiger partial charge in [0.15, 0.2) is 0 Å². The van der Waals surface area contributed by atoms with E-state index in [0.29, 0.717) is 22.8 Å². The summed E-state index contributed by atoms with van der Waals surface area (Å²) >= 11 is 1.22. The molecule has 1 aromatic heterocycles. The topological polar surface area (TPSA) is 78.4 Å². The molecule has 0 fully saturated rings. The molecule has 0 aliphatic rings. The van der Waals surface area contributed by atoms with Gasteiger partial charge in [-0.05, 0) is 25.5 Å². The summed E-state index contributed by atoms with van der Waals surface area (Å²) in [7, 11) is 0. The van der Waals surface area contributed by atoms with Gasteiger partial charge >= 0.3 is 0 Å². The molecule has 94 valence electrons. The Kier molecular flexibility index (Phi) is 5.11. The van der Waals surface area contributed by atoms with Crippen LogP contribution in [-0.4, -0.2) is 29.6 Å². The summed E-state index contributed by atoms with van der Waals surface area (Å²) in [4.78, 5) is 23.0. The number of aliphatic hydroxyl groups excluding tert-OH is 1. The second kappa shape index (κ2) is 6.36. The maximum atomic E-state index is 11.6. The van der Waals surface area contributed by atoms with E-state index in [-0.39, 0.29) is 11.8 Å². The van der Waals surface area contributed by atoms with Crippen molar-refractivity contribution in [2.45, 2.75) is 26.4 Å². The van der Waals surface area contributed by atoms with Crippen LogP contribution < -0.4 is 10.6 Å². The molecule has 0 spiro atoms. The van der Waals surface area contributed by atoms with E-state index in [0.717, 1.165) is 0 Å². The molecule has 0 saturated carbocycles. The number of aliphatic hydroxyl groups is 1. The molecular formula is C11H16N2O3S. The fourth-order valence-corrected chi connectivity index (χ4v) is 2.05. The van der Waals surface area contributed by atoms with Crippen LogP contribution in [0.1, 0.15) is 29.9 Å². The maximum absolute atomic E-state index is 11.6. The summed E-state index contributed by atoms with van der Waals surface area (Å²) in [6, 6.07) is 3.35. The number of hydrogen-bond donors (Lipinski definition) is 3. The summed E-state index contributed by atoms with van der Waals surface area (Å²) in [6.07, 6.45) is 0.101. The van der Waals surface area contributed by atoms with Crippen molar-refractivity contribution in [3.05, 3.63) is 17.0 Å². The Morgan fingerprint density at radius 1 is 1.47 bits per heavy atom. The van der Waals surface area contributed by atoms with E-state index < -0.39 is 6.10 Å². The highest BCUT2D eigenvalue weighted by atomic mass is 32.1. The predicted octanol–water partition coefficient (Wildman–Crippen LogP) is 1.21. The van der Waals surface area contributed by atoms with E-state index in [1.165, 1.54) is 18.3 Å². The van der Waals surface area contributed by atoms with E-state index in [4.69, 9.17) is 5.11 Å². The number of thiophene rings is 1. The summed E-state index contributed by atoms with van der Waals surface area (Å²) in [5, 5.41) is 15.0. The molecule has 6 heteroatoms. The third-order valence-corrected chi connectivity index (χ3v) is 2.98. The summed E-state index contributed by atoms with van der Waals surface area (Å²) in [5.74, 6) is -0.347. The third kappa shape index (κ3) is 4.97. The van der Waals surface area contributed by atoms with Crippen molar-refractivity contribution in [2.75, 3.05) is 11.9 Å². The Labute approximate surface area is 104 Å². The van der Waals surface area contributed by atoms with Gasteiger partial charge in [-0.3, -0.25) is 9.59 Å². The molecule has 1 heterocycles. The van der Waals surface area contributed by atoms with Gasteiger partial charge in [-0.25, -0.2) is 0 Å². The lowest BCUT2D eigenvalue weighted by molar-refractivity contribution is -0.114. The first-order chi connectivity index (χ1) is 7.99. The van der Waals surface area contributed by atoms with Crippen LogP contribution in [-0.2, 0) is 4.79 Å². The van der Waals surface area contributed by atoms with E-state index in [2.05, 4.69) is 10.6 Å². The molecule has 1 unspecified atom stereocenters. The lowest BCUT2D eigenvalue weighted by atomic mass is 10.3. The second-order valence-corrected chi connectivity index (χ2v) is 4.82. The fraction of sp³-hybridized carbons (Fsp3) is 0.455. The van der Waals surface area contributed by atoms with Crippen LogP contribution in [0.25, 0.3) is 0 Å². The number of nitrogens with one attached hydrogen (secondary N) is 2. The molecule has 0 aliphatic carbocycles. The van der Waals surface area contributed by atoms with Crippen LogP contribution in [0.4, 0.5) is 5.00 Å². The number of rotatable bonds is 5. The van der Waals surface area contributed by atoms with Crippen LogP contribution >= 0.6 is 11.3 Å². The molecule has 0 bridgehead atoms. The Hall–Kier alpha value is -1.40. The van der Waals surface area contributed by atoms with Crippen molar-refractivity contribution in [3.63, 3.8) is 0 Å². The Morgan fingerprint density at radius 3 is 2.76 bits per heavy atom. The van der Waals surface area contributed by atoms with E-state index in [9.17, 15) is 9.59 Å². The zero-order valence-electron chi connectivity index (χ0n) is 9.82. The summed E-state index contributed by atoms with van der Waals surface area (Å²) in [6.45, 7) is 3.53. The first-order valence-corrected chi connectivity index (χ1v) is 6.14. The van der Waals surface area contributed by atoms with Crippen molar-refractivity contribution in [1.82, 2.24) is 5.32 Å². The van der Waals surface area contributed by atoms with Gasteiger partial charge in [-0.15, -0.1) is 11.3 Å². The molecule has 17 heavy (non-hydrogen) atoms. The summed E-state index contributed by atoms with van der Waals surface area (Å²) in [5.41, 5.74) is 0. The SMILES string of the molecule is CC(=O)Nc1ccc(C(=O)NCCC(C)O)s1. The van der Waals surface area contributed by atoms with Gasteiger partial charge in [0.1, 0.15) is 0 Å². The minimum absolute atomic E-state index is 0.159. The first-order valence-electron chi connectivity index (χ1n) is 5.32. The molecule has 5 nitrogen and oxygen atoms in total. The number of amides is 2. The zero-order chi connectivity index (χ0) is 12.8. The lowest BCUT2D eigenvalue weighted by Gasteiger charge is -2.05. The molecule has 0 aromatic carbocycles. The van der Waals surface area contributed by atoms with Crippen molar-refractivity contribution in [3.8, 4) is 0 Å². The highest BCUT2D eigenvalue weighted by Crippen LogP contribution is 2.21. The second-order valence-electron chi connectivity index (χ2n) is 3.74. The van der Waals surface area contributed by atoms with Crippen LogP contribution in [0, 0.1) is 0 Å². The molecule has 1 aromatic rings. The van der Waals surface area contributed by atoms with Gasteiger partial charge in [-0.1, -0.05) is 0 Å². The van der Waals surface area contributed by atoms with Crippen LogP contribution in [0.3, 0.4) is 0 Å². The third-order valence-electron chi connectivity index (χ3n) is 1.98. The van der Waals surface area contributed by atoms with Crippen molar-refractivity contribution in [1.29, 1.82) is 0 Å². The van der Waals surface area contributed by atoms with E-state index in [1.54, 1.807) is 19.1 Å². The van der Waals surface area contributed by atoms with E-state index in [1.807, 2.05) is 0 Å². The quantitative estimate of drug-likeness (QED) is 0.741. The largest absolute Gasteiger partial charge is 0.393 e. The molecule has 3 N–H and O–H groups in total. The number of carbonyl (C=O) groups is 2. The Morgan fingerprint density at radius 2 is 2.18 bits per heavy atom. The summed E-state index contributed by atoms with van der Waals surface area (Å²) < 4.78 is 0. The van der Waals surface area contributed by atoms with Crippen molar-refractivity contribution < 1.29 is 14.7 Å². The van der Waals surface area contributed by atoms with Gasteiger partial charge in [0.25, 0.3) is 5.91 Å². The highest BCUT2D eigenvalue weighted by Gasteiger charge is 2.09. The number of carbonyl (C=O) groups excluding carboxylic acids is 2. The van der Waals surface area contributed by atoms with Gasteiger partial charge in [0, 0.05) is 13.5 Å². The number of hydrogen-bond acceptors (Lipinski definition) is 4. The Balaban J connectivity index is 2.46. The molecule has 1 atom stereocenters. The predicted molar refractivity (Wildman–Crippen MR) is 67.3 cm³/mol. The minimum Gasteiger partial charge on any atom is -0.393 e. The molecule has 0 saturated heterocycles. The van der Waals surface area contributed by atoms with E-state index >= 15 is 0 Å². The van der Waals surface area contributed by atoms with Gasteiger partial charge in [-0.2, -0.15) is 0 Å². The molecule has 0 aliphatic heterocycles. The monoisotopic (exact) mass is 256 g/mol. The first kappa shape index (κ1) is 13.7. The smallest absolute Gasteiger partial charge is 0.261 e. The minimum atomic E-state index is -0.423. The lowest BCUT2D eigenvalue weighted by Crippen LogP contribution is -2.25. The van der Waals surface area contributed by atoms with Gasteiger partial charge < -0.3 is 15.7 Å². The molecule has 0 radical (unpaired) electrons. The Bertz CT molecular complexity index is 401.